The molecule has 0 spiro atoms. The predicted molar refractivity (Wildman–Crippen MR) is 78.0 cm³/mol. The maximum Gasteiger partial charge on any atom is 0.139 e. The fourth-order valence-corrected chi connectivity index (χ4v) is 2.65. The molecule has 3 nitrogen and oxygen atoms in total. The van der Waals surface area contributed by atoms with Crippen molar-refractivity contribution < 1.29 is 0 Å². The Bertz CT molecular complexity index is 783. The van der Waals surface area contributed by atoms with Crippen molar-refractivity contribution in [2.75, 3.05) is 6.26 Å². The topological polar surface area (TPSA) is 52.5 Å². The number of hydrogen-bond acceptors (Lipinski definition) is 3. The summed E-state index contributed by atoms with van der Waals surface area (Å²) in [6, 6.07) is 15.8. The number of nitrogens with one attached hydrogen (secondary N) is 1. The zero-order valence-electron chi connectivity index (χ0n) is 10.3. The molecule has 0 aliphatic rings. The molecular formula is C15H11N3S. The minimum atomic E-state index is 0.640. The molecule has 1 N–H and O–H groups in total. The van der Waals surface area contributed by atoms with Gasteiger partial charge in [0.05, 0.1) is 22.7 Å². The van der Waals surface area contributed by atoms with E-state index in [0.717, 1.165) is 22.4 Å². The van der Waals surface area contributed by atoms with Crippen LogP contribution in [0, 0.1) is 11.3 Å². The maximum absolute atomic E-state index is 8.92. The first-order chi connectivity index (χ1) is 9.31. The van der Waals surface area contributed by atoms with E-state index in [2.05, 4.69) is 34.4 Å². The molecule has 3 aromatic rings. The molecule has 0 saturated heterocycles. The predicted octanol–water partition coefficient (Wildman–Crippen LogP) is 3.82. The van der Waals surface area contributed by atoms with Crippen molar-refractivity contribution in [1.82, 2.24) is 9.97 Å². The van der Waals surface area contributed by atoms with Crippen LogP contribution in [0.2, 0.25) is 0 Å². The highest BCUT2D eigenvalue weighted by atomic mass is 32.2. The van der Waals surface area contributed by atoms with E-state index in [4.69, 9.17) is 5.26 Å². The Morgan fingerprint density at radius 1 is 1.21 bits per heavy atom. The van der Waals surface area contributed by atoms with Gasteiger partial charge in [0.15, 0.2) is 0 Å². The maximum atomic E-state index is 8.92. The second kappa shape index (κ2) is 4.79. The molecule has 0 aliphatic carbocycles. The van der Waals surface area contributed by atoms with Gasteiger partial charge >= 0.3 is 0 Å². The molecule has 0 unspecified atom stereocenters. The number of nitrogens with zero attached hydrogens (tertiary/aromatic N) is 2. The summed E-state index contributed by atoms with van der Waals surface area (Å²) in [4.78, 5) is 9.06. The molecule has 0 saturated carbocycles. The lowest BCUT2D eigenvalue weighted by atomic mass is 10.2. The number of fused-ring (bicyclic) bond motifs is 1. The summed E-state index contributed by atoms with van der Waals surface area (Å²) >= 11 is 1.70. The number of rotatable bonds is 2. The number of hydrogen-bond donors (Lipinski definition) is 1. The number of imidazole rings is 1. The first-order valence-electron chi connectivity index (χ1n) is 5.85. The summed E-state index contributed by atoms with van der Waals surface area (Å²) in [5.74, 6) is 0.843. The number of thioether (sulfide) groups is 1. The minimum absolute atomic E-state index is 0.640. The first-order valence-corrected chi connectivity index (χ1v) is 7.07. The van der Waals surface area contributed by atoms with Crippen molar-refractivity contribution in [3.05, 3.63) is 48.0 Å². The zero-order chi connectivity index (χ0) is 13.2. The largest absolute Gasteiger partial charge is 0.338 e. The fraction of sp³-hybridized carbons (Fsp3) is 0.0667. The Hall–Kier alpha value is -2.25. The van der Waals surface area contributed by atoms with Crippen LogP contribution in [-0.4, -0.2) is 16.2 Å². The summed E-state index contributed by atoms with van der Waals surface area (Å²) in [7, 11) is 0. The summed E-state index contributed by atoms with van der Waals surface area (Å²) in [5.41, 5.74) is 3.50. The van der Waals surface area contributed by atoms with E-state index in [1.54, 1.807) is 17.8 Å². The van der Waals surface area contributed by atoms with Crippen LogP contribution < -0.4 is 0 Å². The van der Waals surface area contributed by atoms with E-state index < -0.39 is 0 Å². The fourth-order valence-electron chi connectivity index (χ4n) is 2.05. The van der Waals surface area contributed by atoms with Gasteiger partial charge in [-0.3, -0.25) is 0 Å². The van der Waals surface area contributed by atoms with Gasteiger partial charge in [-0.15, -0.1) is 11.8 Å². The number of aromatic amines is 1. The molecule has 4 heteroatoms. The van der Waals surface area contributed by atoms with Gasteiger partial charge in [-0.1, -0.05) is 18.2 Å². The standard InChI is InChI=1S/C15H11N3S/c1-19-14-5-3-2-4-11(14)15-17-12-7-6-10(9-16)8-13(12)18-15/h2-8H,1H3,(H,17,18). The molecule has 0 aliphatic heterocycles. The lowest BCUT2D eigenvalue weighted by molar-refractivity contribution is 1.29. The van der Waals surface area contributed by atoms with Gasteiger partial charge in [0.25, 0.3) is 0 Å². The van der Waals surface area contributed by atoms with Crippen LogP contribution in [0.3, 0.4) is 0 Å². The highest BCUT2D eigenvalue weighted by molar-refractivity contribution is 7.98. The highest BCUT2D eigenvalue weighted by Crippen LogP contribution is 2.29. The molecule has 2 aromatic carbocycles. The van der Waals surface area contributed by atoms with Crippen LogP contribution in [0.5, 0.6) is 0 Å². The second-order valence-corrected chi connectivity index (χ2v) is 4.98. The molecular weight excluding hydrogens is 254 g/mol. The second-order valence-electron chi connectivity index (χ2n) is 4.13. The van der Waals surface area contributed by atoms with Crippen molar-refractivity contribution in [3.63, 3.8) is 0 Å². The average molecular weight is 265 g/mol. The lowest BCUT2D eigenvalue weighted by Gasteiger charge is -2.02. The van der Waals surface area contributed by atoms with Gasteiger partial charge < -0.3 is 4.98 Å². The van der Waals surface area contributed by atoms with Crippen molar-refractivity contribution in [2.45, 2.75) is 4.90 Å². The van der Waals surface area contributed by atoms with Gasteiger partial charge in [0.2, 0.25) is 0 Å². The van der Waals surface area contributed by atoms with E-state index in [1.165, 1.54) is 4.90 Å². The average Bonchev–Trinajstić information content (AvgIpc) is 2.89. The van der Waals surface area contributed by atoms with E-state index >= 15 is 0 Å². The van der Waals surface area contributed by atoms with Crippen LogP contribution in [0.1, 0.15) is 5.56 Å². The summed E-state index contributed by atoms with van der Waals surface area (Å²) < 4.78 is 0. The summed E-state index contributed by atoms with van der Waals surface area (Å²) in [6.45, 7) is 0. The quantitative estimate of drug-likeness (QED) is 0.716. The normalized spacial score (nSPS) is 10.5. The first kappa shape index (κ1) is 11.8. The number of benzene rings is 2. The van der Waals surface area contributed by atoms with Gasteiger partial charge in [0, 0.05) is 10.5 Å². The molecule has 1 heterocycles. The number of nitriles is 1. The Kier molecular flexibility index (Phi) is 2.98. The monoisotopic (exact) mass is 265 g/mol. The van der Waals surface area contributed by atoms with Crippen LogP contribution in [-0.2, 0) is 0 Å². The van der Waals surface area contributed by atoms with E-state index in [9.17, 15) is 0 Å². The highest BCUT2D eigenvalue weighted by Gasteiger charge is 2.09. The zero-order valence-corrected chi connectivity index (χ0v) is 11.2. The van der Waals surface area contributed by atoms with Gasteiger partial charge in [-0.25, -0.2) is 4.98 Å². The van der Waals surface area contributed by atoms with Gasteiger partial charge in [-0.2, -0.15) is 5.26 Å². The third-order valence-corrected chi connectivity index (χ3v) is 3.77. The molecule has 3 rings (SSSR count). The van der Waals surface area contributed by atoms with Crippen LogP contribution in [0.15, 0.2) is 47.4 Å². The smallest absolute Gasteiger partial charge is 0.139 e. The summed E-state index contributed by atoms with van der Waals surface area (Å²) in [5, 5.41) is 8.92. The molecule has 0 radical (unpaired) electrons. The Morgan fingerprint density at radius 2 is 2.05 bits per heavy atom. The number of aromatic nitrogens is 2. The minimum Gasteiger partial charge on any atom is -0.338 e. The van der Waals surface area contributed by atoms with Gasteiger partial charge in [-0.05, 0) is 30.5 Å². The van der Waals surface area contributed by atoms with Crippen LogP contribution >= 0.6 is 11.8 Å². The Labute approximate surface area is 115 Å². The van der Waals surface area contributed by atoms with Crippen LogP contribution in [0.4, 0.5) is 0 Å². The number of H-pyrrole nitrogens is 1. The molecule has 0 fully saturated rings. The molecule has 0 amide bonds. The molecule has 0 atom stereocenters. The Balaban J connectivity index is 2.18. The third-order valence-electron chi connectivity index (χ3n) is 2.97. The van der Waals surface area contributed by atoms with Gasteiger partial charge in [0.1, 0.15) is 5.82 Å². The Morgan fingerprint density at radius 3 is 2.84 bits per heavy atom. The van der Waals surface area contributed by atoms with Crippen molar-refractivity contribution >= 4 is 22.8 Å². The molecule has 92 valence electrons. The third kappa shape index (κ3) is 2.09. The van der Waals surface area contributed by atoms with Crippen molar-refractivity contribution in [2.24, 2.45) is 0 Å². The van der Waals surface area contributed by atoms with E-state index in [-0.39, 0.29) is 0 Å². The van der Waals surface area contributed by atoms with Crippen molar-refractivity contribution in [1.29, 1.82) is 5.26 Å². The van der Waals surface area contributed by atoms with Crippen LogP contribution in [0.25, 0.3) is 22.4 Å². The molecule has 1 aromatic heterocycles. The summed E-state index contributed by atoms with van der Waals surface area (Å²) in [6.07, 6.45) is 2.05. The SMILES string of the molecule is CSc1ccccc1-c1nc2ccc(C#N)cc2[nH]1. The lowest BCUT2D eigenvalue weighted by Crippen LogP contribution is -1.83. The van der Waals surface area contributed by atoms with E-state index in [1.807, 2.05) is 24.3 Å². The molecule has 0 bridgehead atoms. The van der Waals surface area contributed by atoms with E-state index in [0.29, 0.717) is 5.56 Å². The van der Waals surface area contributed by atoms with Crippen molar-refractivity contribution in [3.8, 4) is 17.5 Å². The molecule has 19 heavy (non-hydrogen) atoms.